The van der Waals surface area contributed by atoms with E-state index in [1.165, 1.54) is 25.7 Å². The van der Waals surface area contributed by atoms with Gasteiger partial charge in [-0.1, -0.05) is 24.3 Å². The molecule has 0 saturated heterocycles. The van der Waals surface area contributed by atoms with Crippen LogP contribution in [0.4, 0.5) is 0 Å². The Hall–Kier alpha value is -1.70. The Morgan fingerprint density at radius 2 is 1.80 bits per heavy atom. The fraction of sp³-hybridized carbons (Fsp3) is 0.278. The van der Waals surface area contributed by atoms with Crippen LogP contribution in [-0.4, -0.2) is 44.2 Å². The van der Waals surface area contributed by atoms with Crippen molar-refractivity contribution in [2.45, 2.75) is 17.9 Å². The van der Waals surface area contributed by atoms with E-state index in [2.05, 4.69) is 22.0 Å². The second kappa shape index (κ2) is 6.90. The maximum absolute atomic E-state index is 12.9. The highest BCUT2D eigenvalue weighted by Gasteiger charge is 2.25. The van der Waals surface area contributed by atoms with E-state index in [0.29, 0.717) is 23.1 Å². The Labute approximate surface area is 156 Å². The lowest BCUT2D eigenvalue weighted by Gasteiger charge is -2.29. The number of hydrogen-bond acceptors (Lipinski definition) is 3. The summed E-state index contributed by atoms with van der Waals surface area (Å²) in [4.78, 5) is 14.7. The fourth-order valence-corrected chi connectivity index (χ4v) is 4.73. The predicted molar refractivity (Wildman–Crippen MR) is 99.9 cm³/mol. The monoisotopic (exact) mass is 422 g/mol. The molecule has 25 heavy (non-hydrogen) atoms. The maximum atomic E-state index is 12.9. The number of halogens is 1. The van der Waals surface area contributed by atoms with Crippen molar-refractivity contribution in [3.63, 3.8) is 0 Å². The molecular formula is C18H19BrN2O3S. The highest BCUT2D eigenvalue weighted by Crippen LogP contribution is 2.27. The standard InChI is InChI=1S/C18H19BrN2O3S/c1-20(2)25(23,24)17-11-14(7-8-16(17)19)18(22)21-10-9-13-5-3-4-6-15(13)12-21/h3-8,11H,9-10,12H2,1-2H3. The van der Waals surface area contributed by atoms with Crippen molar-refractivity contribution < 1.29 is 13.2 Å². The van der Waals surface area contributed by atoms with Gasteiger partial charge in [0.1, 0.15) is 0 Å². The van der Waals surface area contributed by atoms with Gasteiger partial charge in [0, 0.05) is 37.2 Å². The van der Waals surface area contributed by atoms with Gasteiger partial charge < -0.3 is 4.90 Å². The van der Waals surface area contributed by atoms with E-state index >= 15 is 0 Å². The van der Waals surface area contributed by atoms with Gasteiger partial charge in [0.25, 0.3) is 5.91 Å². The molecule has 132 valence electrons. The molecule has 0 spiro atoms. The average molecular weight is 423 g/mol. The number of benzene rings is 2. The molecule has 1 heterocycles. The quantitative estimate of drug-likeness (QED) is 0.763. The Bertz CT molecular complexity index is 926. The second-order valence-electron chi connectivity index (χ2n) is 6.18. The molecule has 0 atom stereocenters. The first-order chi connectivity index (χ1) is 11.8. The van der Waals surface area contributed by atoms with Crippen LogP contribution >= 0.6 is 15.9 Å². The fourth-order valence-electron chi connectivity index (χ4n) is 2.88. The van der Waals surface area contributed by atoms with Crippen molar-refractivity contribution in [3.8, 4) is 0 Å². The van der Waals surface area contributed by atoms with Gasteiger partial charge in [-0.3, -0.25) is 4.79 Å². The van der Waals surface area contributed by atoms with Gasteiger partial charge in [0.2, 0.25) is 10.0 Å². The normalized spacial score (nSPS) is 14.5. The van der Waals surface area contributed by atoms with E-state index in [4.69, 9.17) is 0 Å². The minimum atomic E-state index is -3.63. The van der Waals surface area contributed by atoms with Gasteiger partial charge >= 0.3 is 0 Å². The van der Waals surface area contributed by atoms with Crippen molar-refractivity contribution in [3.05, 3.63) is 63.6 Å². The first kappa shape index (κ1) is 18.1. The number of nitrogens with zero attached hydrogens (tertiary/aromatic N) is 2. The van der Waals surface area contributed by atoms with Crippen LogP contribution in [0.15, 0.2) is 51.8 Å². The smallest absolute Gasteiger partial charge is 0.254 e. The summed E-state index contributed by atoms with van der Waals surface area (Å²) >= 11 is 3.27. The molecule has 3 rings (SSSR count). The lowest BCUT2D eigenvalue weighted by Crippen LogP contribution is -2.36. The zero-order chi connectivity index (χ0) is 18.2. The Morgan fingerprint density at radius 3 is 2.48 bits per heavy atom. The highest BCUT2D eigenvalue weighted by atomic mass is 79.9. The lowest BCUT2D eigenvalue weighted by molar-refractivity contribution is 0.0734. The average Bonchev–Trinajstić information content (AvgIpc) is 2.60. The molecule has 0 N–H and O–H groups in total. The number of sulfonamides is 1. The van der Waals surface area contributed by atoms with Gasteiger partial charge in [-0.15, -0.1) is 0 Å². The molecule has 2 aromatic rings. The second-order valence-corrected chi connectivity index (χ2v) is 9.15. The number of rotatable bonds is 3. The third-order valence-corrected chi connectivity index (χ3v) is 7.16. The molecule has 0 unspecified atom stereocenters. The zero-order valence-corrected chi connectivity index (χ0v) is 16.5. The Balaban J connectivity index is 1.92. The molecule has 5 nitrogen and oxygen atoms in total. The molecule has 0 fully saturated rings. The van der Waals surface area contributed by atoms with Crippen LogP contribution < -0.4 is 0 Å². The SMILES string of the molecule is CN(C)S(=O)(=O)c1cc(C(=O)N2CCc3ccccc3C2)ccc1Br. The molecule has 1 amide bonds. The van der Waals surface area contributed by atoms with E-state index in [-0.39, 0.29) is 10.8 Å². The molecule has 2 aromatic carbocycles. The number of hydrogen-bond donors (Lipinski definition) is 0. The number of fused-ring (bicyclic) bond motifs is 1. The first-order valence-electron chi connectivity index (χ1n) is 7.89. The van der Waals surface area contributed by atoms with Crippen LogP contribution in [0, 0.1) is 0 Å². The van der Waals surface area contributed by atoms with E-state index in [1.807, 2.05) is 18.2 Å². The number of carbonyl (C=O) groups is 1. The number of amides is 1. The minimum absolute atomic E-state index is 0.0979. The van der Waals surface area contributed by atoms with Gasteiger partial charge in [0.15, 0.2) is 0 Å². The van der Waals surface area contributed by atoms with E-state index < -0.39 is 10.0 Å². The summed E-state index contributed by atoms with van der Waals surface area (Å²) in [6.45, 7) is 1.17. The van der Waals surface area contributed by atoms with E-state index in [1.54, 1.807) is 17.0 Å². The zero-order valence-electron chi connectivity index (χ0n) is 14.1. The summed E-state index contributed by atoms with van der Waals surface area (Å²) in [5.41, 5.74) is 2.78. The van der Waals surface area contributed by atoms with Gasteiger partial charge in [0.05, 0.1) is 4.90 Å². The third-order valence-electron chi connectivity index (χ3n) is 4.35. The summed E-state index contributed by atoms with van der Waals surface area (Å²) in [6, 6.07) is 12.8. The first-order valence-corrected chi connectivity index (χ1v) is 10.1. The van der Waals surface area contributed by atoms with Crippen molar-refractivity contribution in [2.24, 2.45) is 0 Å². The van der Waals surface area contributed by atoms with Gasteiger partial charge in [-0.2, -0.15) is 0 Å². The van der Waals surface area contributed by atoms with Crippen LogP contribution in [0.25, 0.3) is 0 Å². The topological polar surface area (TPSA) is 57.7 Å². The van der Waals surface area contributed by atoms with Crippen molar-refractivity contribution in [1.82, 2.24) is 9.21 Å². The van der Waals surface area contributed by atoms with Gasteiger partial charge in [-0.25, -0.2) is 12.7 Å². The number of carbonyl (C=O) groups excluding carboxylic acids is 1. The summed E-state index contributed by atoms with van der Waals surface area (Å²) in [7, 11) is -0.687. The van der Waals surface area contributed by atoms with Gasteiger partial charge in [-0.05, 0) is 51.7 Å². The van der Waals surface area contributed by atoms with Crippen LogP contribution in [0.1, 0.15) is 21.5 Å². The van der Waals surface area contributed by atoms with Crippen LogP contribution in [0.5, 0.6) is 0 Å². The van der Waals surface area contributed by atoms with Crippen molar-refractivity contribution in [2.75, 3.05) is 20.6 Å². The van der Waals surface area contributed by atoms with Crippen molar-refractivity contribution in [1.29, 1.82) is 0 Å². The summed E-state index contributed by atoms with van der Waals surface area (Å²) < 4.78 is 26.5. The van der Waals surface area contributed by atoms with E-state index in [0.717, 1.165) is 16.3 Å². The molecule has 0 saturated carbocycles. The Morgan fingerprint density at radius 1 is 1.12 bits per heavy atom. The van der Waals surface area contributed by atoms with Crippen molar-refractivity contribution >= 4 is 31.9 Å². The third kappa shape index (κ3) is 3.49. The van der Waals surface area contributed by atoms with Crippen LogP contribution in [0.3, 0.4) is 0 Å². The minimum Gasteiger partial charge on any atom is -0.334 e. The molecule has 0 bridgehead atoms. The lowest BCUT2D eigenvalue weighted by atomic mass is 9.99. The summed E-state index contributed by atoms with van der Waals surface area (Å²) in [5.74, 6) is -0.155. The molecular weight excluding hydrogens is 404 g/mol. The van der Waals surface area contributed by atoms with Crippen LogP contribution in [-0.2, 0) is 23.0 Å². The van der Waals surface area contributed by atoms with E-state index in [9.17, 15) is 13.2 Å². The maximum Gasteiger partial charge on any atom is 0.254 e. The molecule has 7 heteroatoms. The largest absolute Gasteiger partial charge is 0.334 e. The predicted octanol–water partition coefficient (Wildman–Crippen LogP) is 2.90. The molecule has 1 aliphatic heterocycles. The summed E-state index contributed by atoms with van der Waals surface area (Å²) in [6.07, 6.45) is 0.807. The highest BCUT2D eigenvalue weighted by molar-refractivity contribution is 9.10. The molecule has 1 aliphatic rings. The van der Waals surface area contributed by atoms with Crippen LogP contribution in [0.2, 0.25) is 0 Å². The molecule has 0 aromatic heterocycles. The molecule has 0 radical (unpaired) electrons. The molecule has 0 aliphatic carbocycles. The Kier molecular flexibility index (Phi) is 4.99. The summed E-state index contributed by atoms with van der Waals surface area (Å²) in [5, 5.41) is 0.